The molecule has 0 saturated carbocycles. The van der Waals surface area contributed by atoms with E-state index in [-0.39, 0.29) is 28.5 Å². The van der Waals surface area contributed by atoms with Gasteiger partial charge in [-0.1, -0.05) is 177 Å². The Bertz CT molecular complexity index is 3500. The molecule has 0 fully saturated rings. The van der Waals surface area contributed by atoms with Crippen molar-refractivity contribution in [3.63, 3.8) is 0 Å². The standard InChI is InChI=1S/C62H57BN2/c1-59(2)31-33-61(5,6)50-35-40(21-27-48(50)59)38-19-25-43(26-20-38)64-53-29-24-42(41-22-28-49-51(36-41)62(7,8)34-32-60(49,3)4)37-52(53)63-57-45(15-12-18-55(57)64)46-16-11-17-47-56-44-14-10-9-13-39(44)23-30-54(56)65(63)58(46)47/h9-30,35-37H,31-34H2,1-8H3. The summed E-state index contributed by atoms with van der Waals surface area (Å²) in [4.78, 5) is 2.56. The minimum Gasteiger partial charge on any atom is -0.375 e. The Kier molecular flexibility index (Phi) is 7.91. The maximum atomic E-state index is 2.71. The first kappa shape index (κ1) is 39.1. The summed E-state index contributed by atoms with van der Waals surface area (Å²) >= 11 is 0. The molecule has 65 heavy (non-hydrogen) atoms. The number of fused-ring (bicyclic) bond motifs is 11. The van der Waals surface area contributed by atoms with Gasteiger partial charge in [-0.15, -0.1) is 0 Å². The smallest absolute Gasteiger partial charge is 0.333 e. The average molecular weight is 841 g/mol. The molecule has 2 aliphatic carbocycles. The zero-order chi connectivity index (χ0) is 44.4. The topological polar surface area (TPSA) is 8.17 Å². The molecule has 0 unspecified atom stereocenters. The fraction of sp³-hybridized carbons (Fsp3) is 0.258. The molecule has 0 bridgehead atoms. The summed E-state index contributed by atoms with van der Waals surface area (Å²) in [5.41, 5.74) is 23.4. The molecule has 8 aromatic carbocycles. The second-order valence-electron chi connectivity index (χ2n) is 22.6. The molecule has 0 atom stereocenters. The van der Waals surface area contributed by atoms with Crippen LogP contribution in [0.1, 0.15) is 103 Å². The van der Waals surface area contributed by atoms with Crippen molar-refractivity contribution < 1.29 is 0 Å². The Morgan fingerprint density at radius 3 is 1.68 bits per heavy atom. The van der Waals surface area contributed by atoms with Gasteiger partial charge >= 0.3 is 6.85 Å². The van der Waals surface area contributed by atoms with E-state index in [1.54, 1.807) is 0 Å². The fourth-order valence-corrected chi connectivity index (χ4v) is 13.0. The van der Waals surface area contributed by atoms with Gasteiger partial charge in [-0.2, -0.15) is 0 Å². The highest BCUT2D eigenvalue weighted by Gasteiger charge is 2.44. The summed E-state index contributed by atoms with van der Waals surface area (Å²) in [6.45, 7) is 19.4. The molecular weight excluding hydrogens is 784 g/mol. The lowest BCUT2D eigenvalue weighted by Crippen LogP contribution is -2.56. The monoisotopic (exact) mass is 840 g/mol. The first-order chi connectivity index (χ1) is 31.2. The molecule has 0 spiro atoms. The van der Waals surface area contributed by atoms with Gasteiger partial charge in [0.05, 0.1) is 0 Å². The predicted molar refractivity (Wildman–Crippen MR) is 279 cm³/mol. The molecule has 13 rings (SSSR count). The normalized spacial score (nSPS) is 18.0. The van der Waals surface area contributed by atoms with Gasteiger partial charge in [0.25, 0.3) is 0 Å². The van der Waals surface area contributed by atoms with Crippen LogP contribution in [-0.2, 0) is 21.7 Å². The van der Waals surface area contributed by atoms with Crippen molar-refractivity contribution in [1.29, 1.82) is 0 Å². The van der Waals surface area contributed by atoms with E-state index in [1.807, 2.05) is 0 Å². The van der Waals surface area contributed by atoms with Crippen molar-refractivity contribution in [3.05, 3.63) is 174 Å². The molecule has 0 radical (unpaired) electrons. The van der Waals surface area contributed by atoms with Crippen molar-refractivity contribution in [2.24, 2.45) is 0 Å². The van der Waals surface area contributed by atoms with Gasteiger partial charge in [0.2, 0.25) is 0 Å². The van der Waals surface area contributed by atoms with Crippen molar-refractivity contribution in [2.75, 3.05) is 4.90 Å². The van der Waals surface area contributed by atoms with Crippen LogP contribution in [-0.4, -0.2) is 11.3 Å². The number of aromatic nitrogens is 1. The maximum absolute atomic E-state index is 2.71. The second-order valence-corrected chi connectivity index (χ2v) is 22.6. The summed E-state index contributed by atoms with van der Waals surface area (Å²) in [5.74, 6) is 0. The lowest BCUT2D eigenvalue weighted by Gasteiger charge is -2.42. The number of hydrogen-bond donors (Lipinski definition) is 0. The highest BCUT2D eigenvalue weighted by atomic mass is 15.2. The van der Waals surface area contributed by atoms with E-state index in [9.17, 15) is 0 Å². The van der Waals surface area contributed by atoms with E-state index in [0.29, 0.717) is 0 Å². The molecule has 318 valence electrons. The molecule has 0 N–H and O–H groups in total. The van der Waals surface area contributed by atoms with Crippen LogP contribution in [0, 0.1) is 0 Å². The summed E-state index contributed by atoms with van der Waals surface area (Å²) < 4.78 is 2.71. The second kappa shape index (κ2) is 13.2. The maximum Gasteiger partial charge on any atom is 0.333 e. The van der Waals surface area contributed by atoms with Crippen LogP contribution >= 0.6 is 0 Å². The van der Waals surface area contributed by atoms with Gasteiger partial charge in [-0.25, -0.2) is 0 Å². The lowest BCUT2D eigenvalue weighted by atomic mass is 9.45. The summed E-state index contributed by atoms with van der Waals surface area (Å²) in [6.07, 6.45) is 4.85. The van der Waals surface area contributed by atoms with E-state index in [4.69, 9.17) is 0 Å². The van der Waals surface area contributed by atoms with E-state index in [1.165, 1.54) is 142 Å². The molecule has 9 aromatic rings. The van der Waals surface area contributed by atoms with Crippen molar-refractivity contribution >= 4 is 67.4 Å². The molecule has 2 aliphatic heterocycles. The molecular formula is C62H57BN2. The largest absolute Gasteiger partial charge is 0.375 e. The molecule has 3 heterocycles. The number of rotatable bonds is 3. The summed E-state index contributed by atoms with van der Waals surface area (Å²) in [7, 11) is 0. The van der Waals surface area contributed by atoms with E-state index < -0.39 is 0 Å². The van der Waals surface area contributed by atoms with Gasteiger partial charge in [-0.3, -0.25) is 0 Å². The third kappa shape index (κ3) is 5.48. The van der Waals surface area contributed by atoms with E-state index >= 15 is 0 Å². The first-order valence-corrected chi connectivity index (χ1v) is 24.1. The number of benzene rings is 8. The van der Waals surface area contributed by atoms with Crippen LogP contribution in [0.4, 0.5) is 17.1 Å². The molecule has 3 heteroatoms. The average Bonchev–Trinajstić information content (AvgIpc) is 3.66. The molecule has 0 amide bonds. The van der Waals surface area contributed by atoms with E-state index in [2.05, 4.69) is 216 Å². The SMILES string of the molecule is CC1(C)CCC(C)(C)c2cc(-c3ccc(N4c5ccc(-c6ccc7c(c6)C(C)(C)CCC7(C)C)cc5B5c6c(cccc64)-c4cccc6c7c8ccccc8ccc7n5c46)cc3)ccc21. The van der Waals surface area contributed by atoms with Crippen LogP contribution < -0.4 is 15.8 Å². The predicted octanol–water partition coefficient (Wildman–Crippen LogP) is 15.4. The number of anilines is 3. The molecule has 1 aromatic heterocycles. The third-order valence-electron chi connectivity index (χ3n) is 16.9. The van der Waals surface area contributed by atoms with Gasteiger partial charge in [-0.05, 0) is 149 Å². The van der Waals surface area contributed by atoms with Crippen LogP contribution in [0.5, 0.6) is 0 Å². The minimum absolute atomic E-state index is 0.0150. The van der Waals surface area contributed by atoms with Crippen LogP contribution in [0.15, 0.2) is 152 Å². The lowest BCUT2D eigenvalue weighted by molar-refractivity contribution is 0.332. The van der Waals surface area contributed by atoms with Gasteiger partial charge < -0.3 is 9.38 Å². The Balaban J connectivity index is 1.03. The van der Waals surface area contributed by atoms with Crippen molar-refractivity contribution in [3.8, 4) is 33.4 Å². The van der Waals surface area contributed by atoms with Crippen LogP contribution in [0.3, 0.4) is 0 Å². The highest BCUT2D eigenvalue weighted by Crippen LogP contribution is 2.50. The van der Waals surface area contributed by atoms with Crippen molar-refractivity contribution in [2.45, 2.75) is 103 Å². The number of nitrogens with zero attached hydrogens (tertiary/aromatic N) is 2. The fourth-order valence-electron chi connectivity index (χ4n) is 13.0. The zero-order valence-corrected chi connectivity index (χ0v) is 39.2. The Labute approximate surface area is 385 Å². The molecule has 2 nitrogen and oxygen atoms in total. The highest BCUT2D eigenvalue weighted by molar-refractivity contribution is 6.90. The van der Waals surface area contributed by atoms with Crippen molar-refractivity contribution in [1.82, 2.24) is 4.48 Å². The Morgan fingerprint density at radius 1 is 0.431 bits per heavy atom. The Morgan fingerprint density at radius 2 is 0.985 bits per heavy atom. The third-order valence-corrected chi connectivity index (χ3v) is 16.9. The summed E-state index contributed by atoms with van der Waals surface area (Å²) in [5, 5.41) is 5.27. The van der Waals surface area contributed by atoms with Crippen LogP contribution in [0.25, 0.3) is 66.0 Å². The first-order valence-electron chi connectivity index (χ1n) is 24.1. The van der Waals surface area contributed by atoms with Gasteiger partial charge in [0.1, 0.15) is 0 Å². The molecule has 0 saturated heterocycles. The number of hydrogen-bond acceptors (Lipinski definition) is 1. The summed E-state index contributed by atoms with van der Waals surface area (Å²) in [6, 6.07) is 59.1. The minimum atomic E-state index is -0.0150. The van der Waals surface area contributed by atoms with Gasteiger partial charge in [0, 0.05) is 44.4 Å². The van der Waals surface area contributed by atoms with Crippen LogP contribution in [0.2, 0.25) is 0 Å². The molecule has 4 aliphatic rings. The number of para-hydroxylation sites is 1. The van der Waals surface area contributed by atoms with Gasteiger partial charge in [0.15, 0.2) is 0 Å². The quantitative estimate of drug-likeness (QED) is 0.161. The Hall–Kier alpha value is -6.32. The zero-order valence-electron chi connectivity index (χ0n) is 39.2. The van der Waals surface area contributed by atoms with E-state index in [0.717, 1.165) is 0 Å².